The molecule has 42 heavy (non-hydrogen) atoms. The van der Waals surface area contributed by atoms with Crippen molar-refractivity contribution in [3.63, 3.8) is 0 Å². The van der Waals surface area contributed by atoms with Gasteiger partial charge >= 0.3 is 6.09 Å². The van der Waals surface area contributed by atoms with Gasteiger partial charge in [-0.3, -0.25) is 4.79 Å². The molecule has 6 heteroatoms. The van der Waals surface area contributed by atoms with Crippen LogP contribution in [-0.2, 0) is 29.0 Å². The van der Waals surface area contributed by atoms with Gasteiger partial charge in [-0.1, -0.05) is 97.1 Å². The summed E-state index contributed by atoms with van der Waals surface area (Å²) in [5.41, 5.74) is 5.75. The van der Waals surface area contributed by atoms with Gasteiger partial charge in [0.25, 0.3) is 5.91 Å². The Morgan fingerprint density at radius 1 is 0.762 bits per heavy atom. The predicted octanol–water partition coefficient (Wildman–Crippen LogP) is 7.03. The average molecular weight is 562 g/mol. The van der Waals surface area contributed by atoms with Gasteiger partial charge in [-0.25, -0.2) is 0 Å². The normalized spacial score (nSPS) is 15.4. The number of carbonyl (C=O) groups is 2. The monoisotopic (exact) mass is 561 g/mol. The number of hydrogen-bond donors (Lipinski definition) is 0. The van der Waals surface area contributed by atoms with E-state index in [1.54, 1.807) is 18.9 Å². The van der Waals surface area contributed by atoms with Gasteiger partial charge in [-0.2, -0.15) is 9.28 Å². The number of benzene rings is 4. The molecule has 1 aliphatic heterocycles. The van der Waals surface area contributed by atoms with E-state index in [2.05, 4.69) is 24.3 Å². The van der Waals surface area contributed by atoms with E-state index < -0.39 is 6.09 Å². The molecule has 0 fully saturated rings. The maximum absolute atomic E-state index is 13.8. The molecule has 0 saturated heterocycles. The molecule has 0 radical (unpaired) electrons. The lowest BCUT2D eigenvalue weighted by Gasteiger charge is -2.29. The second-order valence-electron chi connectivity index (χ2n) is 10.5. The molecule has 5 rings (SSSR count). The first kappa shape index (κ1) is 28.8. The van der Waals surface area contributed by atoms with Gasteiger partial charge in [0.05, 0.1) is 12.2 Å². The number of likely N-dealkylation sites (N-methyl/N-ethyl adjacent to an activating group) is 1. The standard InChI is InChI=1S/C36H37N2O4/c1-3-41-36(40)38(26-34(39)37(2)23-22-28-14-7-4-8-15-28)25-31(24-29-16-9-5-10-17-29)35-32(38)20-13-21-33(35)42-27-30-18-11-6-12-19-30/h4-21,25H,3,22-24,26-27H2,1-2H3/q+1. The van der Waals surface area contributed by atoms with E-state index in [0.29, 0.717) is 31.0 Å². The topological polar surface area (TPSA) is 55.8 Å². The highest BCUT2D eigenvalue weighted by atomic mass is 16.6. The summed E-state index contributed by atoms with van der Waals surface area (Å²) in [5, 5.41) is 0. The Morgan fingerprint density at radius 3 is 2.02 bits per heavy atom. The highest BCUT2D eigenvalue weighted by Crippen LogP contribution is 2.47. The maximum atomic E-state index is 13.8. The molecule has 1 aliphatic rings. The van der Waals surface area contributed by atoms with Crippen LogP contribution in [-0.4, -0.2) is 43.6 Å². The molecule has 2 amide bonds. The van der Waals surface area contributed by atoms with E-state index >= 15 is 0 Å². The summed E-state index contributed by atoms with van der Waals surface area (Å²) in [7, 11) is 1.79. The summed E-state index contributed by atoms with van der Waals surface area (Å²) in [4.78, 5) is 29.3. The Kier molecular flexibility index (Phi) is 9.15. The molecule has 0 N–H and O–H groups in total. The van der Waals surface area contributed by atoms with Crippen LogP contribution in [0, 0.1) is 0 Å². The van der Waals surface area contributed by atoms with Crippen LogP contribution >= 0.6 is 0 Å². The maximum Gasteiger partial charge on any atom is 0.526 e. The molecular weight excluding hydrogens is 524 g/mol. The largest absolute Gasteiger partial charge is 0.526 e. The quantitative estimate of drug-likeness (QED) is 0.185. The number of allylic oxidation sites excluding steroid dienone is 1. The third-order valence-electron chi connectivity index (χ3n) is 7.59. The van der Waals surface area contributed by atoms with Gasteiger partial charge in [-0.05, 0) is 36.1 Å². The number of nitrogens with zero attached hydrogens (tertiary/aromatic N) is 2. The molecule has 1 unspecified atom stereocenters. The van der Waals surface area contributed by atoms with Crippen LogP contribution in [0.2, 0.25) is 0 Å². The number of fused-ring (bicyclic) bond motifs is 1. The van der Waals surface area contributed by atoms with Crippen LogP contribution in [0.5, 0.6) is 5.75 Å². The number of amides is 2. The lowest BCUT2D eigenvalue weighted by Crippen LogP contribution is -2.54. The van der Waals surface area contributed by atoms with Gasteiger partial charge in [-0.15, -0.1) is 0 Å². The fourth-order valence-electron chi connectivity index (χ4n) is 5.37. The van der Waals surface area contributed by atoms with Crippen molar-refractivity contribution in [2.45, 2.75) is 26.4 Å². The highest BCUT2D eigenvalue weighted by molar-refractivity contribution is 6.01. The fourth-order valence-corrected chi connectivity index (χ4v) is 5.37. The molecule has 0 saturated carbocycles. The second-order valence-corrected chi connectivity index (χ2v) is 10.5. The third kappa shape index (κ3) is 6.45. The summed E-state index contributed by atoms with van der Waals surface area (Å²) >= 11 is 0. The van der Waals surface area contributed by atoms with Gasteiger partial charge in [0.1, 0.15) is 18.6 Å². The van der Waals surface area contributed by atoms with Crippen LogP contribution < -0.4 is 9.22 Å². The molecule has 214 valence electrons. The van der Waals surface area contributed by atoms with Crippen molar-refractivity contribution in [3.8, 4) is 5.75 Å². The molecule has 0 aromatic heterocycles. The van der Waals surface area contributed by atoms with E-state index in [1.807, 2.05) is 91.1 Å². The SMILES string of the molecule is CCOC(=O)[N+]1(CC(=O)N(C)CCc2ccccc2)C=C(Cc2ccccc2)c2c(OCc3ccccc3)cccc21. The van der Waals surface area contributed by atoms with Crippen LogP contribution in [0.1, 0.15) is 29.2 Å². The van der Waals surface area contributed by atoms with Crippen LogP contribution in [0.25, 0.3) is 5.57 Å². The number of rotatable bonds is 11. The van der Waals surface area contributed by atoms with Gasteiger partial charge in [0, 0.05) is 31.7 Å². The summed E-state index contributed by atoms with van der Waals surface area (Å²) in [5.74, 6) is 0.533. The van der Waals surface area contributed by atoms with E-state index in [4.69, 9.17) is 9.47 Å². The average Bonchev–Trinajstić information content (AvgIpc) is 3.34. The smallest absolute Gasteiger partial charge is 0.488 e. The summed E-state index contributed by atoms with van der Waals surface area (Å²) in [6.45, 7) is 2.83. The molecule has 4 aromatic carbocycles. The van der Waals surface area contributed by atoms with Crippen LogP contribution in [0.4, 0.5) is 10.5 Å². The summed E-state index contributed by atoms with van der Waals surface area (Å²) in [6, 6.07) is 35.9. The minimum Gasteiger partial charge on any atom is -0.488 e. The Morgan fingerprint density at radius 2 is 1.38 bits per heavy atom. The van der Waals surface area contributed by atoms with Crippen molar-refractivity contribution >= 4 is 23.3 Å². The number of ether oxygens (including phenoxy) is 2. The van der Waals surface area contributed by atoms with E-state index in [-0.39, 0.29) is 23.5 Å². The molecule has 1 atom stereocenters. The molecule has 6 nitrogen and oxygen atoms in total. The van der Waals surface area contributed by atoms with Crippen molar-refractivity contribution in [2.24, 2.45) is 0 Å². The van der Waals surface area contributed by atoms with Crippen molar-refractivity contribution in [2.75, 3.05) is 26.7 Å². The minimum atomic E-state index is -0.480. The first-order valence-electron chi connectivity index (χ1n) is 14.4. The number of quaternary nitrogens is 1. The van der Waals surface area contributed by atoms with Crippen molar-refractivity contribution in [1.29, 1.82) is 0 Å². The highest BCUT2D eigenvalue weighted by Gasteiger charge is 2.50. The molecular formula is C36H37N2O4+. The molecule has 0 spiro atoms. The van der Waals surface area contributed by atoms with Crippen molar-refractivity contribution in [1.82, 2.24) is 9.38 Å². The molecule has 0 aliphatic carbocycles. The van der Waals surface area contributed by atoms with Crippen molar-refractivity contribution in [3.05, 3.63) is 138 Å². The van der Waals surface area contributed by atoms with E-state index in [9.17, 15) is 9.59 Å². The first-order chi connectivity index (χ1) is 20.5. The number of hydrogen-bond acceptors (Lipinski definition) is 4. The van der Waals surface area contributed by atoms with Crippen LogP contribution in [0.15, 0.2) is 115 Å². The molecule has 0 bridgehead atoms. The summed E-state index contributed by atoms with van der Waals surface area (Å²) in [6.07, 6.45) is 2.73. The van der Waals surface area contributed by atoms with E-state index in [1.165, 1.54) is 0 Å². The Bertz CT molecular complexity index is 1540. The second kappa shape index (κ2) is 13.3. The van der Waals surface area contributed by atoms with Crippen molar-refractivity contribution < 1.29 is 19.1 Å². The third-order valence-corrected chi connectivity index (χ3v) is 7.59. The fraction of sp³-hybridized carbons (Fsp3) is 0.222. The van der Waals surface area contributed by atoms with Gasteiger partial charge in [0.15, 0.2) is 12.2 Å². The molecule has 4 aromatic rings. The minimum absolute atomic E-state index is 0.0858. The zero-order valence-electron chi connectivity index (χ0n) is 24.2. The lowest BCUT2D eigenvalue weighted by molar-refractivity contribution is -0.130. The first-order valence-corrected chi connectivity index (χ1v) is 14.4. The summed E-state index contributed by atoms with van der Waals surface area (Å²) < 4.78 is 11.7. The Balaban J connectivity index is 1.51. The van der Waals surface area contributed by atoms with Crippen LogP contribution in [0.3, 0.4) is 0 Å². The van der Waals surface area contributed by atoms with Gasteiger partial charge in [0.2, 0.25) is 0 Å². The Labute approximate surface area is 248 Å². The molecule has 1 heterocycles. The van der Waals surface area contributed by atoms with E-state index in [0.717, 1.165) is 34.2 Å². The number of carbonyl (C=O) groups excluding carboxylic acids is 2. The predicted molar refractivity (Wildman–Crippen MR) is 167 cm³/mol. The Hall–Kier alpha value is -4.68. The zero-order valence-corrected chi connectivity index (χ0v) is 24.2. The lowest BCUT2D eigenvalue weighted by atomic mass is 9.99. The van der Waals surface area contributed by atoms with Gasteiger partial charge < -0.3 is 14.4 Å². The zero-order chi connectivity index (χ0) is 29.4.